The quantitative estimate of drug-likeness (QED) is 0.860. The standard InChI is InChI=1S/C23H30N4O/c1-17-14-15-24-22(25-17)21(18-9-4-2-5-10-18)27-16-8-13-20(27)23(28)26-19-11-6-3-7-12-19/h2,4-5,9-10,14-15,19-21H,3,6-8,11-13,16H2,1H3,(H,26,28)/t20-,21+/m0/s1. The summed E-state index contributed by atoms with van der Waals surface area (Å²) in [6.07, 6.45) is 9.71. The fraction of sp³-hybridized carbons (Fsp3) is 0.522. The van der Waals surface area contributed by atoms with Gasteiger partial charge in [0.2, 0.25) is 5.91 Å². The van der Waals surface area contributed by atoms with Gasteiger partial charge in [0.25, 0.3) is 0 Å². The van der Waals surface area contributed by atoms with E-state index in [-0.39, 0.29) is 18.0 Å². The molecule has 1 saturated heterocycles. The zero-order valence-corrected chi connectivity index (χ0v) is 16.7. The van der Waals surface area contributed by atoms with Gasteiger partial charge in [0.1, 0.15) is 5.82 Å². The number of amides is 1. The van der Waals surface area contributed by atoms with Gasteiger partial charge < -0.3 is 5.32 Å². The Kier molecular flexibility index (Phi) is 6.01. The second-order valence-electron chi connectivity index (χ2n) is 8.11. The van der Waals surface area contributed by atoms with Crippen LogP contribution in [0.1, 0.15) is 68.1 Å². The molecule has 0 spiro atoms. The van der Waals surface area contributed by atoms with Crippen LogP contribution >= 0.6 is 0 Å². The van der Waals surface area contributed by atoms with Gasteiger partial charge >= 0.3 is 0 Å². The lowest BCUT2D eigenvalue weighted by Gasteiger charge is -2.33. The van der Waals surface area contributed by atoms with Gasteiger partial charge in [0, 0.05) is 24.5 Å². The summed E-state index contributed by atoms with van der Waals surface area (Å²) in [5.41, 5.74) is 2.10. The van der Waals surface area contributed by atoms with Crippen molar-refractivity contribution in [3.05, 3.63) is 59.7 Å². The molecule has 2 aliphatic rings. The maximum atomic E-state index is 13.2. The lowest BCUT2D eigenvalue weighted by Crippen LogP contribution is -2.48. The third kappa shape index (κ3) is 4.25. The average Bonchev–Trinajstić information content (AvgIpc) is 3.19. The first-order valence-corrected chi connectivity index (χ1v) is 10.6. The van der Waals surface area contributed by atoms with Crippen LogP contribution in [-0.2, 0) is 4.79 Å². The lowest BCUT2D eigenvalue weighted by molar-refractivity contribution is -0.127. The first-order valence-electron chi connectivity index (χ1n) is 10.6. The molecule has 0 bridgehead atoms. The third-order valence-electron chi connectivity index (χ3n) is 6.05. The van der Waals surface area contributed by atoms with Gasteiger partial charge in [-0.25, -0.2) is 9.97 Å². The van der Waals surface area contributed by atoms with Crippen molar-refractivity contribution in [2.24, 2.45) is 0 Å². The van der Waals surface area contributed by atoms with Crippen LogP contribution in [0.5, 0.6) is 0 Å². The molecule has 1 aliphatic carbocycles. The summed E-state index contributed by atoms with van der Waals surface area (Å²) in [6.45, 7) is 2.88. The van der Waals surface area contributed by atoms with E-state index in [1.54, 1.807) is 0 Å². The number of nitrogens with one attached hydrogen (secondary N) is 1. The Hall–Kier alpha value is -2.27. The molecule has 2 aromatic rings. The molecule has 1 aliphatic heterocycles. The Morgan fingerprint density at radius 1 is 1.07 bits per heavy atom. The smallest absolute Gasteiger partial charge is 0.237 e. The predicted molar refractivity (Wildman–Crippen MR) is 110 cm³/mol. The minimum atomic E-state index is -0.115. The van der Waals surface area contributed by atoms with Crippen LogP contribution in [0, 0.1) is 6.92 Å². The van der Waals surface area contributed by atoms with E-state index >= 15 is 0 Å². The van der Waals surface area contributed by atoms with E-state index in [0.29, 0.717) is 6.04 Å². The van der Waals surface area contributed by atoms with Crippen molar-refractivity contribution < 1.29 is 4.79 Å². The van der Waals surface area contributed by atoms with Crippen molar-refractivity contribution in [1.29, 1.82) is 0 Å². The number of hydrogen-bond donors (Lipinski definition) is 1. The number of aromatic nitrogens is 2. The van der Waals surface area contributed by atoms with E-state index in [1.807, 2.05) is 37.4 Å². The molecule has 2 heterocycles. The van der Waals surface area contributed by atoms with Crippen molar-refractivity contribution in [3.63, 3.8) is 0 Å². The number of hydrogen-bond acceptors (Lipinski definition) is 4. The Labute approximate surface area is 167 Å². The molecule has 1 aromatic heterocycles. The highest BCUT2D eigenvalue weighted by molar-refractivity contribution is 5.82. The molecule has 0 radical (unpaired) electrons. The highest BCUT2D eigenvalue weighted by Gasteiger charge is 2.38. The fourth-order valence-electron chi connectivity index (χ4n) is 4.65. The molecule has 2 atom stereocenters. The molecule has 0 unspecified atom stereocenters. The summed E-state index contributed by atoms with van der Waals surface area (Å²) in [5.74, 6) is 0.960. The number of benzene rings is 1. The summed E-state index contributed by atoms with van der Waals surface area (Å²) < 4.78 is 0. The number of carbonyl (C=O) groups excluding carboxylic acids is 1. The molecule has 1 aromatic carbocycles. The van der Waals surface area contributed by atoms with E-state index < -0.39 is 0 Å². The predicted octanol–water partition coefficient (Wildman–Crippen LogP) is 3.79. The Balaban J connectivity index is 1.60. The van der Waals surface area contributed by atoms with Crippen LogP contribution in [0.25, 0.3) is 0 Å². The van der Waals surface area contributed by atoms with Gasteiger partial charge in [-0.3, -0.25) is 9.69 Å². The van der Waals surface area contributed by atoms with Gasteiger partial charge in [-0.05, 0) is 44.2 Å². The molecular formula is C23H30N4O. The van der Waals surface area contributed by atoms with Crippen molar-refractivity contribution in [1.82, 2.24) is 20.2 Å². The monoisotopic (exact) mass is 378 g/mol. The van der Waals surface area contributed by atoms with Gasteiger partial charge in [-0.2, -0.15) is 0 Å². The highest BCUT2D eigenvalue weighted by atomic mass is 16.2. The van der Waals surface area contributed by atoms with Gasteiger partial charge in [0.05, 0.1) is 12.1 Å². The summed E-state index contributed by atoms with van der Waals surface area (Å²) >= 11 is 0. The van der Waals surface area contributed by atoms with Crippen LogP contribution < -0.4 is 5.32 Å². The number of carbonyl (C=O) groups is 1. The largest absolute Gasteiger partial charge is 0.352 e. The maximum absolute atomic E-state index is 13.2. The van der Waals surface area contributed by atoms with Crippen LogP contribution in [-0.4, -0.2) is 39.4 Å². The number of rotatable bonds is 5. The van der Waals surface area contributed by atoms with Crippen LogP contribution in [0.2, 0.25) is 0 Å². The first-order chi connectivity index (χ1) is 13.7. The molecule has 4 rings (SSSR count). The van der Waals surface area contributed by atoms with Crippen LogP contribution in [0.4, 0.5) is 0 Å². The highest BCUT2D eigenvalue weighted by Crippen LogP contribution is 2.33. The molecule has 1 amide bonds. The zero-order valence-electron chi connectivity index (χ0n) is 16.7. The van der Waals surface area contributed by atoms with E-state index in [4.69, 9.17) is 4.98 Å². The molecule has 1 saturated carbocycles. The molecule has 28 heavy (non-hydrogen) atoms. The van der Waals surface area contributed by atoms with Crippen molar-refractivity contribution in [3.8, 4) is 0 Å². The molecule has 2 fully saturated rings. The van der Waals surface area contributed by atoms with Gasteiger partial charge in [0.15, 0.2) is 0 Å². The van der Waals surface area contributed by atoms with E-state index in [0.717, 1.165) is 49.3 Å². The normalized spacial score (nSPS) is 22.1. The molecule has 148 valence electrons. The molecule has 1 N–H and O–H groups in total. The molecule has 5 nitrogen and oxygen atoms in total. The van der Waals surface area contributed by atoms with E-state index in [1.165, 1.54) is 19.3 Å². The zero-order chi connectivity index (χ0) is 19.3. The summed E-state index contributed by atoms with van der Waals surface area (Å²) in [5, 5.41) is 3.34. The Morgan fingerprint density at radius 3 is 2.61 bits per heavy atom. The number of aryl methyl sites for hydroxylation is 1. The van der Waals surface area contributed by atoms with E-state index in [9.17, 15) is 4.79 Å². The molecular weight excluding hydrogens is 348 g/mol. The lowest BCUT2D eigenvalue weighted by atomic mass is 9.95. The second-order valence-corrected chi connectivity index (χ2v) is 8.11. The SMILES string of the molecule is Cc1ccnc([C@@H](c2ccccc2)N2CCC[C@H]2C(=O)NC2CCCCC2)n1. The number of nitrogens with zero attached hydrogens (tertiary/aromatic N) is 3. The van der Waals surface area contributed by atoms with Crippen LogP contribution in [0.3, 0.4) is 0 Å². The summed E-state index contributed by atoms with van der Waals surface area (Å²) in [4.78, 5) is 24.8. The van der Waals surface area contributed by atoms with E-state index in [2.05, 4.69) is 27.3 Å². The van der Waals surface area contributed by atoms with Gasteiger partial charge in [-0.15, -0.1) is 0 Å². The number of likely N-dealkylation sites (tertiary alicyclic amines) is 1. The average molecular weight is 379 g/mol. The summed E-state index contributed by atoms with van der Waals surface area (Å²) in [7, 11) is 0. The maximum Gasteiger partial charge on any atom is 0.237 e. The van der Waals surface area contributed by atoms with Crippen molar-refractivity contribution >= 4 is 5.91 Å². The molecule has 5 heteroatoms. The minimum Gasteiger partial charge on any atom is -0.352 e. The Morgan fingerprint density at radius 2 is 1.86 bits per heavy atom. The van der Waals surface area contributed by atoms with Crippen molar-refractivity contribution in [2.75, 3.05) is 6.54 Å². The van der Waals surface area contributed by atoms with Crippen LogP contribution in [0.15, 0.2) is 42.6 Å². The summed E-state index contributed by atoms with van der Waals surface area (Å²) in [6, 6.07) is 12.4. The minimum absolute atomic E-state index is 0.0919. The Bertz CT molecular complexity index is 788. The van der Waals surface area contributed by atoms with Gasteiger partial charge in [-0.1, -0.05) is 49.6 Å². The third-order valence-corrected chi connectivity index (χ3v) is 6.05. The van der Waals surface area contributed by atoms with Crippen molar-refractivity contribution in [2.45, 2.75) is 70.0 Å². The fourth-order valence-corrected chi connectivity index (χ4v) is 4.65. The first kappa shape index (κ1) is 19.1. The second kappa shape index (κ2) is 8.82. The topological polar surface area (TPSA) is 58.1 Å².